The standard InChI is InChI=1S/C10H24NO2P/c1-7-8-13-14(12-6)11(9(2)3)10(4)5/h9-10H,7-8H2,1-6H3/i6D. The predicted octanol–water partition coefficient (Wildman–Crippen LogP) is 3.41. The van der Waals surface area contributed by atoms with Gasteiger partial charge in [0.15, 0.2) is 0 Å². The van der Waals surface area contributed by atoms with Crippen LogP contribution in [0.4, 0.5) is 0 Å². The Labute approximate surface area is 91.1 Å². The maximum atomic E-state index is 7.13. The van der Waals surface area contributed by atoms with Gasteiger partial charge in [0.05, 0.1) is 7.98 Å². The van der Waals surface area contributed by atoms with Gasteiger partial charge in [0.2, 0.25) is 0 Å². The zero-order valence-corrected chi connectivity index (χ0v) is 10.9. The van der Waals surface area contributed by atoms with Crippen molar-refractivity contribution in [1.82, 2.24) is 4.67 Å². The van der Waals surface area contributed by atoms with E-state index < -0.39 is 8.53 Å². The van der Waals surface area contributed by atoms with Gasteiger partial charge < -0.3 is 9.05 Å². The fourth-order valence-corrected chi connectivity index (χ4v) is 2.75. The van der Waals surface area contributed by atoms with Crippen molar-refractivity contribution in [3.05, 3.63) is 0 Å². The smallest absolute Gasteiger partial charge is 0.258 e. The number of hydrogen-bond donors (Lipinski definition) is 0. The highest BCUT2D eigenvalue weighted by atomic mass is 31.2. The first kappa shape index (κ1) is 12.4. The molecule has 4 heteroatoms. The summed E-state index contributed by atoms with van der Waals surface area (Å²) in [6.45, 7) is 11.3. The minimum atomic E-state index is -1.06. The van der Waals surface area contributed by atoms with Crippen LogP contribution < -0.4 is 0 Å². The molecule has 86 valence electrons. The maximum absolute atomic E-state index is 7.13. The first-order valence-electron chi connectivity index (χ1n) is 5.88. The van der Waals surface area contributed by atoms with E-state index in [1.807, 2.05) is 0 Å². The maximum Gasteiger partial charge on any atom is 0.258 e. The van der Waals surface area contributed by atoms with Crippen LogP contribution in [0, 0.1) is 0 Å². The molecule has 0 spiro atoms. The second-order valence-corrected chi connectivity index (χ2v) is 5.22. The molecular formula is C10H24NO2P. The van der Waals surface area contributed by atoms with Crippen LogP contribution in [-0.2, 0) is 9.05 Å². The SMILES string of the molecule is [2H]COP(OCCC)N(C(C)C)C(C)C. The van der Waals surface area contributed by atoms with E-state index in [9.17, 15) is 0 Å². The van der Waals surface area contributed by atoms with Gasteiger partial charge >= 0.3 is 0 Å². The Hall–Kier alpha value is 0.310. The molecule has 0 fully saturated rings. The lowest BCUT2D eigenvalue weighted by Crippen LogP contribution is -2.33. The van der Waals surface area contributed by atoms with Crippen molar-refractivity contribution >= 4 is 8.53 Å². The highest BCUT2D eigenvalue weighted by Crippen LogP contribution is 2.44. The van der Waals surface area contributed by atoms with E-state index in [2.05, 4.69) is 39.3 Å². The lowest BCUT2D eigenvalue weighted by molar-refractivity contribution is 0.194. The summed E-state index contributed by atoms with van der Waals surface area (Å²) in [5, 5.41) is 0. The molecule has 3 nitrogen and oxygen atoms in total. The Balaban J connectivity index is 4.37. The average Bonchev–Trinajstić information content (AvgIpc) is 2.13. The summed E-state index contributed by atoms with van der Waals surface area (Å²) in [6, 6.07) is 0.749. The van der Waals surface area contributed by atoms with E-state index in [1.54, 1.807) is 0 Å². The lowest BCUT2D eigenvalue weighted by Gasteiger charge is -2.34. The molecule has 1 unspecified atom stereocenters. The topological polar surface area (TPSA) is 21.7 Å². The molecule has 14 heavy (non-hydrogen) atoms. The molecule has 0 aliphatic carbocycles. The fourth-order valence-electron chi connectivity index (χ4n) is 1.31. The van der Waals surface area contributed by atoms with E-state index >= 15 is 0 Å². The zero-order chi connectivity index (χ0) is 11.8. The number of nitrogens with zero attached hydrogens (tertiary/aromatic N) is 1. The van der Waals surface area contributed by atoms with Gasteiger partial charge in [-0.1, -0.05) is 6.92 Å². The largest absolute Gasteiger partial charge is 0.325 e. The van der Waals surface area contributed by atoms with Crippen molar-refractivity contribution in [1.29, 1.82) is 0 Å². The highest BCUT2D eigenvalue weighted by Gasteiger charge is 2.25. The molecule has 0 N–H and O–H groups in total. The van der Waals surface area contributed by atoms with Crippen LogP contribution in [0.2, 0.25) is 0 Å². The molecule has 0 bridgehead atoms. The van der Waals surface area contributed by atoms with Crippen molar-refractivity contribution < 1.29 is 10.4 Å². The van der Waals surface area contributed by atoms with Gasteiger partial charge in [0.25, 0.3) is 8.53 Å². The van der Waals surface area contributed by atoms with Crippen molar-refractivity contribution in [2.75, 3.05) is 13.7 Å². The van der Waals surface area contributed by atoms with E-state index in [0.29, 0.717) is 18.7 Å². The summed E-state index contributed by atoms with van der Waals surface area (Å²) in [5.74, 6) is 0. The molecule has 0 heterocycles. The van der Waals surface area contributed by atoms with Crippen LogP contribution in [0.25, 0.3) is 0 Å². The summed E-state index contributed by atoms with van der Waals surface area (Å²) < 4.78 is 20.4. The number of rotatable bonds is 7. The van der Waals surface area contributed by atoms with Crippen molar-refractivity contribution in [2.24, 2.45) is 0 Å². The summed E-state index contributed by atoms with van der Waals surface area (Å²) in [7, 11) is -1.10. The van der Waals surface area contributed by atoms with Crippen molar-refractivity contribution in [2.45, 2.75) is 53.1 Å². The van der Waals surface area contributed by atoms with Crippen molar-refractivity contribution in [3.8, 4) is 0 Å². The van der Waals surface area contributed by atoms with Gasteiger partial charge in [0, 0.05) is 19.2 Å². The van der Waals surface area contributed by atoms with Gasteiger partial charge in [-0.05, 0) is 34.1 Å². The Morgan fingerprint density at radius 2 is 1.86 bits per heavy atom. The monoisotopic (exact) mass is 222 g/mol. The summed E-state index contributed by atoms with van der Waals surface area (Å²) >= 11 is 0. The van der Waals surface area contributed by atoms with Gasteiger partial charge in [-0.3, -0.25) is 0 Å². The van der Waals surface area contributed by atoms with Crippen molar-refractivity contribution in [3.63, 3.8) is 0 Å². The molecule has 0 rings (SSSR count). The highest BCUT2D eigenvalue weighted by molar-refractivity contribution is 7.44. The molecule has 0 aliphatic rings. The van der Waals surface area contributed by atoms with E-state index in [1.165, 1.54) is 0 Å². The van der Waals surface area contributed by atoms with E-state index in [4.69, 9.17) is 10.4 Å². The summed E-state index contributed by atoms with van der Waals surface area (Å²) in [6.07, 6.45) is 0.976. The van der Waals surface area contributed by atoms with E-state index in [0.717, 1.165) is 6.42 Å². The van der Waals surface area contributed by atoms with Gasteiger partial charge in [-0.2, -0.15) is 0 Å². The third-order valence-electron chi connectivity index (χ3n) is 1.76. The zero-order valence-electron chi connectivity index (χ0n) is 11.0. The molecular weight excluding hydrogens is 197 g/mol. The van der Waals surface area contributed by atoms with Crippen LogP contribution in [0.3, 0.4) is 0 Å². The molecule has 0 radical (unpaired) electrons. The second-order valence-electron chi connectivity index (χ2n) is 3.77. The van der Waals surface area contributed by atoms with Crippen LogP contribution in [0.1, 0.15) is 42.4 Å². The number of hydrogen-bond acceptors (Lipinski definition) is 3. The summed E-state index contributed by atoms with van der Waals surface area (Å²) in [4.78, 5) is 0. The molecule has 0 saturated carbocycles. The van der Waals surface area contributed by atoms with Crippen LogP contribution >= 0.6 is 8.53 Å². The first-order valence-corrected chi connectivity index (χ1v) is 6.31. The molecule has 0 aromatic carbocycles. The summed E-state index contributed by atoms with van der Waals surface area (Å²) in [5.41, 5.74) is 0. The van der Waals surface area contributed by atoms with Gasteiger partial charge in [-0.25, -0.2) is 4.67 Å². The minimum absolute atomic E-state index is 0.0364. The minimum Gasteiger partial charge on any atom is -0.325 e. The van der Waals surface area contributed by atoms with Gasteiger partial charge in [0.1, 0.15) is 0 Å². The third kappa shape index (κ3) is 4.70. The van der Waals surface area contributed by atoms with Gasteiger partial charge in [-0.15, -0.1) is 0 Å². The average molecular weight is 222 g/mol. The second kappa shape index (κ2) is 7.58. The Morgan fingerprint density at radius 1 is 1.29 bits per heavy atom. The molecule has 0 aromatic rings. The Morgan fingerprint density at radius 3 is 2.21 bits per heavy atom. The molecule has 1 atom stereocenters. The lowest BCUT2D eigenvalue weighted by atomic mass is 10.3. The normalized spacial score (nSPS) is 15.3. The Bertz CT molecular complexity index is 150. The quantitative estimate of drug-likeness (QED) is 0.616. The van der Waals surface area contributed by atoms with Crippen LogP contribution in [-0.4, -0.2) is 30.4 Å². The van der Waals surface area contributed by atoms with Crippen LogP contribution in [0.15, 0.2) is 0 Å². The van der Waals surface area contributed by atoms with E-state index in [-0.39, 0.29) is 7.09 Å². The van der Waals surface area contributed by atoms with Crippen LogP contribution in [0.5, 0.6) is 0 Å². The first-order chi connectivity index (χ1) is 7.04. The molecule has 0 saturated heterocycles. The molecule has 0 amide bonds. The Kier molecular flexibility index (Phi) is 6.70. The molecule has 0 aliphatic heterocycles. The molecule has 0 aromatic heterocycles. The fraction of sp³-hybridized carbons (Fsp3) is 1.00. The third-order valence-corrected chi connectivity index (χ3v) is 3.69. The predicted molar refractivity (Wildman–Crippen MR) is 62.3 cm³/mol.